The molecule has 0 heterocycles. The molecule has 6 atom stereocenters. The predicted octanol–water partition coefficient (Wildman–Crippen LogP) is 3.91. The number of hydrogen-bond donors (Lipinski definition) is 1. The van der Waals surface area contributed by atoms with Crippen LogP contribution < -0.4 is 4.74 Å². The molecule has 4 aliphatic carbocycles. The molecule has 1 aromatic carbocycles. The third kappa shape index (κ3) is 1.37. The summed E-state index contributed by atoms with van der Waals surface area (Å²) in [7, 11) is 1.77. The van der Waals surface area contributed by atoms with Crippen LogP contribution in [0.5, 0.6) is 5.75 Å². The van der Waals surface area contributed by atoms with Crippen molar-refractivity contribution in [1.82, 2.24) is 0 Å². The number of ether oxygens (including phenoxy) is 1. The number of methoxy groups -OCH3 is 1. The first-order valence-corrected chi connectivity index (χ1v) is 8.95. The van der Waals surface area contributed by atoms with Gasteiger partial charge in [-0.3, -0.25) is 0 Å². The van der Waals surface area contributed by atoms with Crippen molar-refractivity contribution in [2.24, 2.45) is 22.7 Å². The van der Waals surface area contributed by atoms with Crippen molar-refractivity contribution in [1.29, 1.82) is 0 Å². The highest BCUT2D eigenvalue weighted by Gasteiger charge is 2.76. The van der Waals surface area contributed by atoms with E-state index in [1.807, 2.05) is 0 Å². The smallest absolute Gasteiger partial charge is 0.119 e. The monoisotopic (exact) mass is 298 g/mol. The minimum atomic E-state index is -0.0566. The lowest BCUT2D eigenvalue weighted by atomic mass is 9.52. The quantitative estimate of drug-likeness (QED) is 0.851. The highest BCUT2D eigenvalue weighted by molar-refractivity contribution is 5.42. The van der Waals surface area contributed by atoms with Gasteiger partial charge in [0.15, 0.2) is 0 Å². The van der Waals surface area contributed by atoms with Gasteiger partial charge in [0.2, 0.25) is 0 Å². The van der Waals surface area contributed by atoms with Crippen LogP contribution in [0, 0.1) is 22.7 Å². The van der Waals surface area contributed by atoms with Gasteiger partial charge in [0.1, 0.15) is 5.75 Å². The first-order valence-electron chi connectivity index (χ1n) is 8.95. The van der Waals surface area contributed by atoms with Gasteiger partial charge in [-0.25, -0.2) is 0 Å². The van der Waals surface area contributed by atoms with Crippen molar-refractivity contribution in [2.45, 2.75) is 57.5 Å². The van der Waals surface area contributed by atoms with Gasteiger partial charge in [-0.05, 0) is 90.4 Å². The van der Waals surface area contributed by atoms with E-state index in [2.05, 4.69) is 25.1 Å². The summed E-state index contributed by atoms with van der Waals surface area (Å²) in [6, 6.07) is 6.70. The van der Waals surface area contributed by atoms with E-state index in [1.54, 1.807) is 12.7 Å². The number of hydrogen-bond acceptors (Lipinski definition) is 2. The van der Waals surface area contributed by atoms with Gasteiger partial charge in [-0.2, -0.15) is 0 Å². The molecule has 4 aliphatic rings. The van der Waals surface area contributed by atoms with Crippen LogP contribution in [0.15, 0.2) is 18.2 Å². The Bertz CT molecular complexity index is 639. The third-order valence-electron chi connectivity index (χ3n) is 8.06. The van der Waals surface area contributed by atoms with Crippen molar-refractivity contribution in [2.75, 3.05) is 7.11 Å². The Morgan fingerprint density at radius 3 is 2.95 bits per heavy atom. The maximum Gasteiger partial charge on any atom is 0.119 e. The second kappa shape index (κ2) is 4.08. The number of rotatable bonds is 1. The number of aryl methyl sites for hydroxylation is 1. The minimum Gasteiger partial charge on any atom is -0.497 e. The van der Waals surface area contributed by atoms with Crippen molar-refractivity contribution in [3.05, 3.63) is 29.3 Å². The van der Waals surface area contributed by atoms with E-state index >= 15 is 0 Å². The van der Waals surface area contributed by atoms with E-state index in [0.29, 0.717) is 11.3 Å². The van der Waals surface area contributed by atoms with Gasteiger partial charge in [-0.15, -0.1) is 0 Å². The van der Waals surface area contributed by atoms with Crippen LogP contribution in [0.4, 0.5) is 0 Å². The first-order chi connectivity index (χ1) is 10.6. The average molecular weight is 298 g/mol. The fourth-order valence-electron chi connectivity index (χ4n) is 6.89. The van der Waals surface area contributed by atoms with Gasteiger partial charge in [-0.1, -0.05) is 13.0 Å². The molecule has 3 saturated carbocycles. The van der Waals surface area contributed by atoms with E-state index in [4.69, 9.17) is 4.74 Å². The summed E-state index contributed by atoms with van der Waals surface area (Å²) >= 11 is 0. The molecule has 1 spiro atoms. The summed E-state index contributed by atoms with van der Waals surface area (Å²) in [5.41, 5.74) is 3.74. The molecule has 0 bridgehead atoms. The van der Waals surface area contributed by atoms with E-state index in [9.17, 15) is 5.11 Å². The fourth-order valence-corrected chi connectivity index (χ4v) is 6.89. The molecule has 2 heteroatoms. The standard InChI is InChI=1S/C20H26O2/c1-19-8-7-15-16-10-14(22-2)5-3-12(16)4-6-17(15)20(19)11-13(20)9-18(19)21/h3,5,10,13,15,17-18,21H,4,6-9,11H2,1-2H3/t13-,15-,17-,18-,19-,20+/m1/s1. The number of aliphatic hydroxyl groups is 1. The van der Waals surface area contributed by atoms with Gasteiger partial charge < -0.3 is 9.84 Å². The zero-order valence-corrected chi connectivity index (χ0v) is 13.6. The first kappa shape index (κ1) is 13.4. The van der Waals surface area contributed by atoms with Crippen LogP contribution in [0.1, 0.15) is 56.1 Å². The lowest BCUT2D eigenvalue weighted by molar-refractivity contribution is -0.0558. The van der Waals surface area contributed by atoms with E-state index < -0.39 is 0 Å². The third-order valence-corrected chi connectivity index (χ3v) is 8.06. The Kier molecular flexibility index (Phi) is 2.49. The van der Waals surface area contributed by atoms with Crippen LogP contribution in [-0.2, 0) is 6.42 Å². The van der Waals surface area contributed by atoms with Crippen LogP contribution in [0.3, 0.4) is 0 Å². The molecule has 0 radical (unpaired) electrons. The maximum absolute atomic E-state index is 10.6. The topological polar surface area (TPSA) is 29.5 Å². The van der Waals surface area contributed by atoms with Crippen LogP contribution >= 0.6 is 0 Å². The summed E-state index contributed by atoms with van der Waals surface area (Å²) < 4.78 is 5.48. The van der Waals surface area contributed by atoms with Gasteiger partial charge in [0.25, 0.3) is 0 Å². The molecule has 22 heavy (non-hydrogen) atoms. The molecular formula is C20H26O2. The second-order valence-electron chi connectivity index (χ2n) is 8.47. The summed E-state index contributed by atoms with van der Waals surface area (Å²) in [6.45, 7) is 2.39. The van der Waals surface area contributed by atoms with Crippen molar-refractivity contribution >= 4 is 0 Å². The van der Waals surface area contributed by atoms with Crippen molar-refractivity contribution in [3.63, 3.8) is 0 Å². The van der Waals surface area contributed by atoms with E-state index in [1.165, 1.54) is 37.7 Å². The lowest BCUT2D eigenvalue weighted by Crippen LogP contribution is -2.47. The highest BCUT2D eigenvalue weighted by Crippen LogP contribution is 2.81. The number of aliphatic hydroxyl groups excluding tert-OH is 1. The van der Waals surface area contributed by atoms with Crippen molar-refractivity contribution < 1.29 is 9.84 Å². The molecule has 5 rings (SSSR count). The van der Waals surface area contributed by atoms with E-state index in [0.717, 1.165) is 24.0 Å². The molecule has 118 valence electrons. The van der Waals surface area contributed by atoms with Crippen LogP contribution in [-0.4, -0.2) is 18.3 Å². The molecule has 0 aromatic heterocycles. The Labute approximate surface area is 132 Å². The summed E-state index contributed by atoms with van der Waals surface area (Å²) in [6.07, 6.45) is 7.35. The van der Waals surface area contributed by atoms with Crippen LogP contribution in [0.25, 0.3) is 0 Å². The Hall–Kier alpha value is -1.02. The normalized spacial score (nSPS) is 48.0. The Balaban J connectivity index is 1.59. The second-order valence-corrected chi connectivity index (χ2v) is 8.47. The lowest BCUT2D eigenvalue weighted by Gasteiger charge is -2.52. The molecule has 1 N–H and O–H groups in total. The Morgan fingerprint density at radius 2 is 2.14 bits per heavy atom. The van der Waals surface area contributed by atoms with E-state index in [-0.39, 0.29) is 11.5 Å². The van der Waals surface area contributed by atoms with Gasteiger partial charge >= 0.3 is 0 Å². The molecular weight excluding hydrogens is 272 g/mol. The number of fused-ring (bicyclic) bond motifs is 3. The molecule has 0 aliphatic heterocycles. The molecule has 0 saturated heterocycles. The highest BCUT2D eigenvalue weighted by atomic mass is 16.5. The SMILES string of the molecule is COc1ccc2c(c1)[C@H]1CC[C@]3(C)[C@H](O)C[C@@H]4C[C@@]43[C@@H]1CC2. The minimum absolute atomic E-state index is 0.0566. The van der Waals surface area contributed by atoms with Crippen molar-refractivity contribution in [3.8, 4) is 5.75 Å². The summed E-state index contributed by atoms with van der Waals surface area (Å²) in [5, 5.41) is 10.6. The Morgan fingerprint density at radius 1 is 1.27 bits per heavy atom. The average Bonchev–Trinajstić information content (AvgIpc) is 3.20. The molecule has 0 unspecified atom stereocenters. The predicted molar refractivity (Wildman–Crippen MR) is 86.1 cm³/mol. The molecule has 1 aromatic rings. The van der Waals surface area contributed by atoms with Crippen LogP contribution in [0.2, 0.25) is 0 Å². The molecule has 0 amide bonds. The van der Waals surface area contributed by atoms with Gasteiger partial charge in [0, 0.05) is 0 Å². The maximum atomic E-state index is 10.6. The molecule has 3 fully saturated rings. The fraction of sp³-hybridized carbons (Fsp3) is 0.700. The zero-order chi connectivity index (χ0) is 15.1. The van der Waals surface area contributed by atoms with Gasteiger partial charge in [0.05, 0.1) is 13.2 Å². The zero-order valence-electron chi connectivity index (χ0n) is 13.6. The largest absolute Gasteiger partial charge is 0.497 e. The number of benzene rings is 1. The summed E-state index contributed by atoms with van der Waals surface area (Å²) in [5.74, 6) is 3.28. The summed E-state index contributed by atoms with van der Waals surface area (Å²) in [4.78, 5) is 0. The molecule has 2 nitrogen and oxygen atoms in total.